The molecule has 1 N–H and O–H groups in total. The Morgan fingerprint density at radius 1 is 0.906 bits per heavy atom. The van der Waals surface area contributed by atoms with Gasteiger partial charge >= 0.3 is 0 Å². The van der Waals surface area contributed by atoms with E-state index in [9.17, 15) is 0 Å². The molecule has 0 saturated carbocycles. The second-order valence-electron chi connectivity index (χ2n) is 8.69. The fourth-order valence-electron chi connectivity index (χ4n) is 5.18. The van der Waals surface area contributed by atoms with E-state index in [-0.39, 0.29) is 12.2 Å². The maximum atomic E-state index is 6.19. The molecule has 0 bridgehead atoms. The van der Waals surface area contributed by atoms with Crippen molar-refractivity contribution in [3.8, 4) is 17.2 Å². The van der Waals surface area contributed by atoms with Gasteiger partial charge in [0, 0.05) is 55.3 Å². The molecular formula is C26H27N3O3. The molecule has 6 heteroatoms. The van der Waals surface area contributed by atoms with Crippen LogP contribution in [0.25, 0.3) is 0 Å². The van der Waals surface area contributed by atoms with E-state index in [1.165, 1.54) is 16.8 Å². The third kappa shape index (κ3) is 3.26. The van der Waals surface area contributed by atoms with Gasteiger partial charge in [-0.25, -0.2) is 0 Å². The van der Waals surface area contributed by atoms with Crippen LogP contribution in [-0.2, 0) is 11.8 Å². The van der Waals surface area contributed by atoms with E-state index in [4.69, 9.17) is 14.2 Å². The number of hydrogen-bond donors (Lipinski definition) is 1. The lowest BCUT2D eigenvalue weighted by molar-refractivity contribution is 0.173. The maximum absolute atomic E-state index is 6.19. The fourth-order valence-corrected chi connectivity index (χ4v) is 5.18. The Kier molecular flexibility index (Phi) is 4.87. The van der Waals surface area contributed by atoms with Crippen molar-refractivity contribution in [2.24, 2.45) is 0 Å². The Bertz CT molecular complexity index is 1120. The van der Waals surface area contributed by atoms with Crippen molar-refractivity contribution in [3.05, 3.63) is 77.6 Å². The Hall–Kier alpha value is -3.25. The molecule has 1 atom stereocenters. The van der Waals surface area contributed by atoms with Crippen molar-refractivity contribution in [2.75, 3.05) is 44.5 Å². The summed E-state index contributed by atoms with van der Waals surface area (Å²) in [5.41, 5.74) is 4.86. The standard InChI is InChI=1S/C26H27N3O3/c1-2-8-22-20(7-1)26(17-30-23-15-25-24(14-21(23)26)31-18-32-25)16-29(22)13-5-10-27-12-9-19-6-3-4-11-28-19/h1-4,6-8,11,14-15,27H,5,9-10,12-13,16-18H2. The molecule has 0 radical (unpaired) electrons. The number of nitrogens with zero attached hydrogens (tertiary/aromatic N) is 2. The molecule has 6 nitrogen and oxygen atoms in total. The van der Waals surface area contributed by atoms with Gasteiger partial charge in [-0.05, 0) is 42.8 Å². The number of fused-ring (bicyclic) bond motifs is 5. The number of pyridine rings is 1. The minimum absolute atomic E-state index is 0.153. The first kappa shape index (κ1) is 19.4. The van der Waals surface area contributed by atoms with Gasteiger partial charge in [0.25, 0.3) is 0 Å². The number of hydrogen-bond acceptors (Lipinski definition) is 6. The van der Waals surface area contributed by atoms with Gasteiger partial charge in [-0.1, -0.05) is 24.3 Å². The maximum Gasteiger partial charge on any atom is 0.231 e. The van der Waals surface area contributed by atoms with Crippen LogP contribution in [-0.4, -0.2) is 44.6 Å². The Labute approximate surface area is 188 Å². The van der Waals surface area contributed by atoms with Crippen LogP contribution in [0.4, 0.5) is 5.69 Å². The third-order valence-corrected chi connectivity index (χ3v) is 6.75. The van der Waals surface area contributed by atoms with E-state index in [0.717, 1.165) is 62.0 Å². The van der Waals surface area contributed by atoms with E-state index in [1.807, 2.05) is 24.4 Å². The van der Waals surface area contributed by atoms with Crippen LogP contribution < -0.4 is 24.4 Å². The zero-order valence-electron chi connectivity index (χ0n) is 18.0. The van der Waals surface area contributed by atoms with Crippen LogP contribution in [0, 0.1) is 0 Å². The monoisotopic (exact) mass is 429 g/mol. The van der Waals surface area contributed by atoms with Gasteiger partial charge in [0.1, 0.15) is 12.4 Å². The summed E-state index contributed by atoms with van der Waals surface area (Å²) in [6, 6.07) is 19.0. The molecule has 4 heterocycles. The number of ether oxygens (including phenoxy) is 3. The average Bonchev–Trinajstić information content (AvgIpc) is 3.53. The smallest absolute Gasteiger partial charge is 0.231 e. The SMILES string of the molecule is c1ccc(CCNCCCN2CC3(COc4cc5c(cc43)OCO5)c3ccccc32)nc1. The van der Waals surface area contributed by atoms with Crippen LogP contribution in [0.2, 0.25) is 0 Å². The van der Waals surface area contributed by atoms with E-state index < -0.39 is 0 Å². The van der Waals surface area contributed by atoms with Crippen LogP contribution in [0.1, 0.15) is 23.2 Å². The van der Waals surface area contributed by atoms with Crippen LogP contribution in [0.5, 0.6) is 17.2 Å². The number of anilines is 1. The molecule has 1 aromatic heterocycles. The minimum atomic E-state index is -0.153. The molecule has 0 amide bonds. The quantitative estimate of drug-likeness (QED) is 0.580. The van der Waals surface area contributed by atoms with Crippen molar-refractivity contribution in [1.82, 2.24) is 10.3 Å². The molecule has 1 spiro atoms. The minimum Gasteiger partial charge on any atom is -0.492 e. The zero-order chi connectivity index (χ0) is 21.4. The number of nitrogens with one attached hydrogen (secondary N) is 1. The summed E-state index contributed by atoms with van der Waals surface area (Å²) in [6.45, 7) is 4.81. The number of rotatable bonds is 7. The highest BCUT2D eigenvalue weighted by Crippen LogP contribution is 2.54. The summed E-state index contributed by atoms with van der Waals surface area (Å²) in [7, 11) is 0. The molecule has 164 valence electrons. The first-order valence-corrected chi connectivity index (χ1v) is 11.4. The molecule has 0 fully saturated rings. The molecular weight excluding hydrogens is 402 g/mol. The largest absolute Gasteiger partial charge is 0.492 e. The van der Waals surface area contributed by atoms with E-state index >= 15 is 0 Å². The van der Waals surface area contributed by atoms with Gasteiger partial charge in [0.2, 0.25) is 6.79 Å². The summed E-state index contributed by atoms with van der Waals surface area (Å²) >= 11 is 0. The third-order valence-electron chi connectivity index (χ3n) is 6.75. The van der Waals surface area contributed by atoms with Gasteiger partial charge < -0.3 is 24.4 Å². The summed E-state index contributed by atoms with van der Waals surface area (Å²) in [5, 5.41) is 3.56. The molecule has 6 rings (SSSR count). The first-order chi connectivity index (χ1) is 15.8. The molecule has 2 aromatic carbocycles. The van der Waals surface area contributed by atoms with Crippen molar-refractivity contribution in [3.63, 3.8) is 0 Å². The van der Waals surface area contributed by atoms with Gasteiger partial charge in [0.05, 0.1) is 5.41 Å². The Balaban J connectivity index is 1.14. The lowest BCUT2D eigenvalue weighted by atomic mass is 9.77. The van der Waals surface area contributed by atoms with E-state index in [0.29, 0.717) is 6.61 Å². The number of para-hydroxylation sites is 1. The lowest BCUT2D eigenvalue weighted by Gasteiger charge is -2.25. The zero-order valence-corrected chi connectivity index (χ0v) is 18.0. The molecule has 3 aliphatic heterocycles. The average molecular weight is 430 g/mol. The highest BCUT2D eigenvalue weighted by molar-refractivity contribution is 5.70. The molecule has 32 heavy (non-hydrogen) atoms. The Morgan fingerprint density at radius 2 is 1.78 bits per heavy atom. The Morgan fingerprint density at radius 3 is 2.69 bits per heavy atom. The molecule has 3 aromatic rings. The highest BCUT2D eigenvalue weighted by atomic mass is 16.7. The van der Waals surface area contributed by atoms with E-state index in [2.05, 4.69) is 51.6 Å². The molecule has 3 aliphatic rings. The second kappa shape index (κ2) is 8.02. The number of aromatic nitrogens is 1. The van der Waals surface area contributed by atoms with E-state index in [1.54, 1.807) is 0 Å². The van der Waals surface area contributed by atoms with Crippen molar-refractivity contribution in [2.45, 2.75) is 18.3 Å². The van der Waals surface area contributed by atoms with Gasteiger partial charge in [-0.2, -0.15) is 0 Å². The van der Waals surface area contributed by atoms with Crippen molar-refractivity contribution >= 4 is 5.69 Å². The normalized spacial score (nSPS) is 19.8. The summed E-state index contributed by atoms with van der Waals surface area (Å²) < 4.78 is 17.4. The first-order valence-electron chi connectivity index (χ1n) is 11.4. The molecule has 0 aliphatic carbocycles. The summed E-state index contributed by atoms with van der Waals surface area (Å²) in [5.74, 6) is 2.52. The van der Waals surface area contributed by atoms with Crippen molar-refractivity contribution < 1.29 is 14.2 Å². The lowest BCUT2D eigenvalue weighted by Crippen LogP contribution is -2.37. The van der Waals surface area contributed by atoms with Crippen molar-refractivity contribution in [1.29, 1.82) is 0 Å². The summed E-state index contributed by atoms with van der Waals surface area (Å²) in [6.07, 6.45) is 3.90. The predicted octanol–water partition coefficient (Wildman–Crippen LogP) is 3.53. The highest BCUT2D eigenvalue weighted by Gasteiger charge is 2.50. The fraction of sp³-hybridized carbons (Fsp3) is 0.346. The van der Waals surface area contributed by atoms with Crippen LogP contribution in [0.3, 0.4) is 0 Å². The number of benzene rings is 2. The second-order valence-corrected chi connectivity index (χ2v) is 8.69. The van der Waals surface area contributed by atoms with Gasteiger partial charge in [-0.3, -0.25) is 4.98 Å². The molecule has 0 saturated heterocycles. The van der Waals surface area contributed by atoms with Gasteiger partial charge in [0.15, 0.2) is 11.5 Å². The summed E-state index contributed by atoms with van der Waals surface area (Å²) in [4.78, 5) is 6.90. The van der Waals surface area contributed by atoms with Crippen LogP contribution >= 0.6 is 0 Å². The topological polar surface area (TPSA) is 55.9 Å². The molecule has 1 unspecified atom stereocenters. The van der Waals surface area contributed by atoms with Crippen LogP contribution in [0.15, 0.2) is 60.8 Å². The predicted molar refractivity (Wildman–Crippen MR) is 123 cm³/mol. The van der Waals surface area contributed by atoms with Gasteiger partial charge in [-0.15, -0.1) is 0 Å².